The monoisotopic (exact) mass is 221 g/mol. The Labute approximate surface area is 94.2 Å². The van der Waals surface area contributed by atoms with Gasteiger partial charge in [0.15, 0.2) is 0 Å². The molecule has 1 heterocycles. The molecule has 1 amide bonds. The molecule has 2 rings (SSSR count). The minimum Gasteiger partial charge on any atom is -0.491 e. The molecule has 0 saturated carbocycles. The van der Waals surface area contributed by atoms with E-state index >= 15 is 0 Å². The zero-order valence-corrected chi connectivity index (χ0v) is 9.19. The van der Waals surface area contributed by atoms with Crippen LogP contribution in [-0.4, -0.2) is 24.2 Å². The summed E-state index contributed by atoms with van der Waals surface area (Å²) in [6, 6.07) is 5.24. The molecule has 1 aliphatic rings. The van der Waals surface area contributed by atoms with Crippen molar-refractivity contribution in [2.24, 2.45) is 0 Å². The molecule has 1 unspecified atom stereocenters. The van der Waals surface area contributed by atoms with Crippen molar-refractivity contribution in [2.75, 3.05) is 13.2 Å². The van der Waals surface area contributed by atoms with E-state index in [-0.39, 0.29) is 5.91 Å². The van der Waals surface area contributed by atoms with Crippen molar-refractivity contribution in [3.63, 3.8) is 0 Å². The van der Waals surface area contributed by atoms with Crippen LogP contribution in [0.3, 0.4) is 0 Å². The van der Waals surface area contributed by atoms with Crippen molar-refractivity contribution in [3.05, 3.63) is 29.3 Å². The molecule has 0 fully saturated rings. The van der Waals surface area contributed by atoms with Gasteiger partial charge in [0, 0.05) is 0 Å². The first-order valence-corrected chi connectivity index (χ1v) is 5.45. The van der Waals surface area contributed by atoms with Crippen LogP contribution in [0.2, 0.25) is 0 Å². The van der Waals surface area contributed by atoms with Crippen LogP contribution in [0.15, 0.2) is 18.2 Å². The van der Waals surface area contributed by atoms with Gasteiger partial charge < -0.3 is 15.2 Å². The fraction of sp³-hybridized carbons (Fsp3) is 0.417. The molecule has 0 spiro atoms. The van der Waals surface area contributed by atoms with Crippen LogP contribution in [0.25, 0.3) is 0 Å². The first-order valence-electron chi connectivity index (χ1n) is 5.45. The Kier molecular flexibility index (Phi) is 3.10. The molecule has 0 saturated heterocycles. The predicted octanol–water partition coefficient (Wildman–Crippen LogP) is 1.25. The van der Waals surface area contributed by atoms with Gasteiger partial charge in [-0.15, -0.1) is 0 Å². The molecule has 1 atom stereocenters. The van der Waals surface area contributed by atoms with E-state index in [1.165, 1.54) is 0 Å². The van der Waals surface area contributed by atoms with Gasteiger partial charge >= 0.3 is 0 Å². The first kappa shape index (κ1) is 11.0. The largest absolute Gasteiger partial charge is 0.491 e. The summed E-state index contributed by atoms with van der Waals surface area (Å²) in [5.74, 6) is 0.444. The summed E-state index contributed by atoms with van der Waals surface area (Å²) >= 11 is 0. The number of fused-ring (bicyclic) bond motifs is 1. The zero-order valence-electron chi connectivity index (χ0n) is 9.19. The van der Waals surface area contributed by atoms with Gasteiger partial charge in [0.1, 0.15) is 12.4 Å². The van der Waals surface area contributed by atoms with Gasteiger partial charge in [0.25, 0.3) is 5.91 Å². The molecule has 1 aliphatic heterocycles. The lowest BCUT2D eigenvalue weighted by molar-refractivity contribution is 0.0957. The lowest BCUT2D eigenvalue weighted by atomic mass is 10.0. The summed E-state index contributed by atoms with van der Waals surface area (Å²) in [5.41, 5.74) is 1.25. The maximum absolute atomic E-state index is 11.7. The SMILES string of the molecule is CCC(O)c1ccc2c(c1)C(=O)NCCO2. The topological polar surface area (TPSA) is 58.6 Å². The maximum Gasteiger partial charge on any atom is 0.255 e. The Morgan fingerprint density at radius 3 is 3.12 bits per heavy atom. The summed E-state index contributed by atoms with van der Waals surface area (Å²) in [4.78, 5) is 11.7. The second-order valence-corrected chi connectivity index (χ2v) is 3.78. The third kappa shape index (κ3) is 2.02. The number of benzene rings is 1. The molecule has 1 aromatic carbocycles. The number of rotatable bonds is 2. The highest BCUT2D eigenvalue weighted by molar-refractivity contribution is 5.97. The molecule has 86 valence electrons. The van der Waals surface area contributed by atoms with Crippen LogP contribution < -0.4 is 10.1 Å². The second-order valence-electron chi connectivity index (χ2n) is 3.78. The van der Waals surface area contributed by atoms with Crippen molar-refractivity contribution in [1.82, 2.24) is 5.32 Å². The number of amides is 1. The van der Waals surface area contributed by atoms with Crippen molar-refractivity contribution >= 4 is 5.91 Å². The molecule has 4 heteroatoms. The van der Waals surface area contributed by atoms with E-state index in [1.807, 2.05) is 6.92 Å². The third-order valence-corrected chi connectivity index (χ3v) is 2.66. The summed E-state index contributed by atoms with van der Waals surface area (Å²) in [5, 5.41) is 12.5. The minimum absolute atomic E-state index is 0.141. The van der Waals surface area contributed by atoms with E-state index in [9.17, 15) is 9.90 Å². The Morgan fingerprint density at radius 1 is 1.56 bits per heavy atom. The normalized spacial score (nSPS) is 16.8. The van der Waals surface area contributed by atoms with Crippen LogP contribution in [0.5, 0.6) is 5.75 Å². The molecule has 0 bridgehead atoms. The van der Waals surface area contributed by atoms with Gasteiger partial charge in [-0.1, -0.05) is 13.0 Å². The van der Waals surface area contributed by atoms with E-state index in [0.29, 0.717) is 30.9 Å². The molecule has 2 N–H and O–H groups in total. The summed E-state index contributed by atoms with van der Waals surface area (Å²) in [6.07, 6.45) is 0.0997. The highest BCUT2D eigenvalue weighted by Gasteiger charge is 2.18. The van der Waals surface area contributed by atoms with E-state index in [4.69, 9.17) is 4.74 Å². The fourth-order valence-corrected chi connectivity index (χ4v) is 1.71. The molecular weight excluding hydrogens is 206 g/mol. The number of hydrogen-bond donors (Lipinski definition) is 2. The quantitative estimate of drug-likeness (QED) is 0.790. The average Bonchev–Trinajstić information content (AvgIpc) is 2.50. The number of hydrogen-bond acceptors (Lipinski definition) is 3. The highest BCUT2D eigenvalue weighted by Crippen LogP contribution is 2.25. The zero-order chi connectivity index (χ0) is 11.5. The molecule has 1 aromatic rings. The van der Waals surface area contributed by atoms with E-state index in [0.717, 1.165) is 5.56 Å². The molecule has 4 nitrogen and oxygen atoms in total. The van der Waals surface area contributed by atoms with Crippen LogP contribution >= 0.6 is 0 Å². The van der Waals surface area contributed by atoms with Crippen molar-refractivity contribution in [3.8, 4) is 5.75 Å². The van der Waals surface area contributed by atoms with Crippen LogP contribution in [0.4, 0.5) is 0 Å². The Morgan fingerprint density at radius 2 is 2.38 bits per heavy atom. The van der Waals surface area contributed by atoms with Crippen LogP contribution in [0, 0.1) is 0 Å². The fourth-order valence-electron chi connectivity index (χ4n) is 1.71. The number of aliphatic hydroxyl groups is 1. The van der Waals surface area contributed by atoms with Gasteiger partial charge in [-0.3, -0.25) is 4.79 Å². The lowest BCUT2D eigenvalue weighted by Gasteiger charge is -2.11. The van der Waals surface area contributed by atoms with Crippen LogP contribution in [-0.2, 0) is 0 Å². The lowest BCUT2D eigenvalue weighted by Crippen LogP contribution is -2.24. The van der Waals surface area contributed by atoms with Gasteiger partial charge in [0.2, 0.25) is 0 Å². The highest BCUT2D eigenvalue weighted by atomic mass is 16.5. The molecule has 0 aliphatic carbocycles. The molecular formula is C12H15NO3. The summed E-state index contributed by atoms with van der Waals surface area (Å²) in [6.45, 7) is 2.89. The van der Waals surface area contributed by atoms with Gasteiger partial charge in [-0.25, -0.2) is 0 Å². The second kappa shape index (κ2) is 4.53. The van der Waals surface area contributed by atoms with Crippen molar-refractivity contribution < 1.29 is 14.6 Å². The van der Waals surface area contributed by atoms with Crippen molar-refractivity contribution in [1.29, 1.82) is 0 Å². The Bertz CT molecular complexity index is 403. The summed E-state index contributed by atoms with van der Waals surface area (Å²) in [7, 11) is 0. The maximum atomic E-state index is 11.7. The first-order chi connectivity index (χ1) is 7.72. The standard InChI is InChI=1S/C12H15NO3/c1-2-10(14)8-3-4-11-9(7-8)12(15)13-5-6-16-11/h3-4,7,10,14H,2,5-6H2,1H3,(H,13,15). The third-order valence-electron chi connectivity index (χ3n) is 2.66. The number of aliphatic hydroxyl groups excluding tert-OH is 1. The smallest absolute Gasteiger partial charge is 0.255 e. The van der Waals surface area contributed by atoms with E-state index < -0.39 is 6.10 Å². The summed E-state index contributed by atoms with van der Waals surface area (Å²) < 4.78 is 5.42. The molecule has 0 aromatic heterocycles. The van der Waals surface area contributed by atoms with Crippen molar-refractivity contribution in [2.45, 2.75) is 19.4 Å². The average molecular weight is 221 g/mol. The number of carbonyl (C=O) groups is 1. The minimum atomic E-state index is -0.527. The van der Waals surface area contributed by atoms with E-state index in [2.05, 4.69) is 5.32 Å². The Balaban J connectivity index is 2.39. The van der Waals surface area contributed by atoms with Crippen LogP contribution in [0.1, 0.15) is 35.4 Å². The number of ether oxygens (including phenoxy) is 1. The van der Waals surface area contributed by atoms with Gasteiger partial charge in [-0.2, -0.15) is 0 Å². The van der Waals surface area contributed by atoms with E-state index in [1.54, 1.807) is 18.2 Å². The molecule has 16 heavy (non-hydrogen) atoms. The van der Waals surface area contributed by atoms with Gasteiger partial charge in [-0.05, 0) is 24.1 Å². The number of nitrogens with one attached hydrogen (secondary N) is 1. The Hall–Kier alpha value is -1.55. The van der Waals surface area contributed by atoms with Gasteiger partial charge in [0.05, 0.1) is 18.2 Å². The predicted molar refractivity (Wildman–Crippen MR) is 59.5 cm³/mol. The number of carbonyl (C=O) groups excluding carboxylic acids is 1. The molecule has 0 radical (unpaired) electrons.